The molecule has 0 saturated carbocycles. The minimum absolute atomic E-state index is 0.463. The van der Waals surface area contributed by atoms with E-state index in [1.165, 1.54) is 17.5 Å². The number of carbonyl (C=O) groups is 2. The van der Waals surface area contributed by atoms with Crippen molar-refractivity contribution >= 4 is 39.1 Å². The van der Waals surface area contributed by atoms with E-state index >= 15 is 0 Å². The highest BCUT2D eigenvalue weighted by atomic mass is 32.1. The van der Waals surface area contributed by atoms with Crippen molar-refractivity contribution in [3.63, 3.8) is 0 Å². The summed E-state index contributed by atoms with van der Waals surface area (Å²) in [7, 11) is 0. The van der Waals surface area contributed by atoms with Gasteiger partial charge in [0.1, 0.15) is 4.83 Å². The first-order valence-corrected chi connectivity index (χ1v) is 4.99. The van der Waals surface area contributed by atoms with Gasteiger partial charge < -0.3 is 11.1 Å². The first-order valence-electron chi connectivity index (χ1n) is 4.11. The van der Waals surface area contributed by atoms with E-state index < -0.39 is 11.8 Å². The van der Waals surface area contributed by atoms with E-state index in [9.17, 15) is 9.59 Å². The lowest BCUT2D eigenvalue weighted by Crippen LogP contribution is -2.29. The Morgan fingerprint density at radius 1 is 1.47 bits per heavy atom. The van der Waals surface area contributed by atoms with Crippen LogP contribution in [0.5, 0.6) is 0 Å². The van der Waals surface area contributed by atoms with E-state index in [-0.39, 0.29) is 0 Å². The van der Waals surface area contributed by atoms with Crippen molar-refractivity contribution in [3.8, 4) is 0 Å². The van der Waals surface area contributed by atoms with E-state index in [4.69, 9.17) is 5.73 Å². The van der Waals surface area contributed by atoms with Crippen molar-refractivity contribution in [2.24, 2.45) is 5.73 Å². The van der Waals surface area contributed by atoms with Crippen LogP contribution in [0.15, 0.2) is 23.7 Å². The predicted molar refractivity (Wildman–Crippen MR) is 57.4 cm³/mol. The average Bonchev–Trinajstić information content (AvgIpc) is 2.64. The molecule has 0 aliphatic carbocycles. The molecule has 2 aromatic heterocycles. The number of primary amides is 1. The minimum atomic E-state index is -1.01. The molecule has 0 bridgehead atoms. The SMILES string of the molecule is NC(=O)C(=O)Nc1cnc2sccc2c1. The van der Waals surface area contributed by atoms with Gasteiger partial charge in [-0.3, -0.25) is 9.59 Å². The van der Waals surface area contributed by atoms with Crippen molar-refractivity contribution in [3.05, 3.63) is 23.7 Å². The van der Waals surface area contributed by atoms with Gasteiger partial charge in [0.15, 0.2) is 0 Å². The fraction of sp³-hybridized carbons (Fsp3) is 0. The van der Waals surface area contributed by atoms with Crippen molar-refractivity contribution in [2.45, 2.75) is 0 Å². The molecule has 0 unspecified atom stereocenters. The molecule has 15 heavy (non-hydrogen) atoms. The van der Waals surface area contributed by atoms with E-state index in [1.807, 2.05) is 11.4 Å². The molecule has 2 aromatic rings. The minimum Gasteiger partial charge on any atom is -0.361 e. The van der Waals surface area contributed by atoms with E-state index in [2.05, 4.69) is 10.3 Å². The molecule has 2 amide bonds. The van der Waals surface area contributed by atoms with Crippen LogP contribution in [-0.4, -0.2) is 16.8 Å². The van der Waals surface area contributed by atoms with Crippen LogP contribution in [0.4, 0.5) is 5.69 Å². The van der Waals surface area contributed by atoms with Crippen molar-refractivity contribution in [1.29, 1.82) is 0 Å². The molecule has 6 heteroatoms. The average molecular weight is 221 g/mol. The largest absolute Gasteiger partial charge is 0.361 e. The molecule has 5 nitrogen and oxygen atoms in total. The van der Waals surface area contributed by atoms with Gasteiger partial charge in [0.2, 0.25) is 0 Å². The summed E-state index contributed by atoms with van der Waals surface area (Å²) in [6, 6.07) is 3.62. The number of hydrogen-bond acceptors (Lipinski definition) is 4. The number of nitrogens with one attached hydrogen (secondary N) is 1. The lowest BCUT2D eigenvalue weighted by atomic mass is 10.3. The summed E-state index contributed by atoms with van der Waals surface area (Å²) in [5, 5.41) is 5.17. The number of nitrogens with zero attached hydrogens (tertiary/aromatic N) is 1. The first kappa shape index (κ1) is 9.60. The Morgan fingerprint density at radius 2 is 2.27 bits per heavy atom. The Kier molecular flexibility index (Phi) is 2.34. The third-order valence-electron chi connectivity index (χ3n) is 1.79. The zero-order chi connectivity index (χ0) is 10.8. The van der Waals surface area contributed by atoms with Gasteiger partial charge in [-0.2, -0.15) is 0 Å². The number of anilines is 1. The fourth-order valence-electron chi connectivity index (χ4n) is 1.12. The molecule has 76 valence electrons. The number of fused-ring (bicyclic) bond motifs is 1. The van der Waals surface area contributed by atoms with Gasteiger partial charge in [0, 0.05) is 5.39 Å². The Bertz CT molecular complexity index is 535. The topological polar surface area (TPSA) is 85.1 Å². The van der Waals surface area contributed by atoms with Gasteiger partial charge >= 0.3 is 11.8 Å². The van der Waals surface area contributed by atoms with Crippen molar-refractivity contribution < 1.29 is 9.59 Å². The number of thiophene rings is 1. The second-order valence-corrected chi connectivity index (χ2v) is 3.75. The van der Waals surface area contributed by atoms with Gasteiger partial charge in [-0.05, 0) is 17.5 Å². The molecule has 0 aromatic carbocycles. The standard InChI is InChI=1S/C9H7N3O2S/c10-7(13)8(14)12-6-3-5-1-2-15-9(5)11-4-6/h1-4H,(H2,10,13)(H,12,14). The van der Waals surface area contributed by atoms with Crippen LogP contribution >= 0.6 is 11.3 Å². The maximum atomic E-state index is 11.0. The lowest BCUT2D eigenvalue weighted by molar-refractivity contribution is -0.134. The summed E-state index contributed by atoms with van der Waals surface area (Å²) in [6.45, 7) is 0. The monoisotopic (exact) mass is 221 g/mol. The third-order valence-corrected chi connectivity index (χ3v) is 2.62. The smallest absolute Gasteiger partial charge is 0.313 e. The number of amides is 2. The number of nitrogens with two attached hydrogens (primary N) is 1. The molecule has 0 aliphatic rings. The molecule has 0 fully saturated rings. The maximum Gasteiger partial charge on any atom is 0.313 e. The van der Waals surface area contributed by atoms with Crippen molar-refractivity contribution in [2.75, 3.05) is 5.32 Å². The Morgan fingerprint density at radius 3 is 3.00 bits per heavy atom. The fourth-order valence-corrected chi connectivity index (χ4v) is 1.84. The van der Waals surface area contributed by atoms with Crippen LogP contribution in [0, 0.1) is 0 Å². The van der Waals surface area contributed by atoms with E-state index in [0.717, 1.165) is 10.2 Å². The molecule has 0 saturated heterocycles. The van der Waals surface area contributed by atoms with Gasteiger partial charge in [-0.1, -0.05) is 0 Å². The number of pyridine rings is 1. The Balaban J connectivity index is 2.28. The predicted octanol–water partition coefficient (Wildman–Crippen LogP) is 0.720. The summed E-state index contributed by atoms with van der Waals surface area (Å²) in [4.78, 5) is 26.5. The molecular weight excluding hydrogens is 214 g/mol. The summed E-state index contributed by atoms with van der Waals surface area (Å²) in [5.41, 5.74) is 5.27. The maximum absolute atomic E-state index is 11.0. The lowest BCUT2D eigenvalue weighted by Gasteiger charge is -2.01. The molecule has 0 spiro atoms. The van der Waals surface area contributed by atoms with Crippen LogP contribution < -0.4 is 11.1 Å². The third kappa shape index (κ3) is 1.94. The molecule has 0 aliphatic heterocycles. The van der Waals surface area contributed by atoms with Crippen LogP contribution in [0.25, 0.3) is 10.2 Å². The summed E-state index contributed by atoms with van der Waals surface area (Å²) >= 11 is 1.51. The van der Waals surface area contributed by atoms with Gasteiger partial charge in [-0.15, -0.1) is 11.3 Å². The first-order chi connectivity index (χ1) is 7.16. The van der Waals surface area contributed by atoms with Crippen LogP contribution in [0.2, 0.25) is 0 Å². The van der Waals surface area contributed by atoms with Gasteiger partial charge in [0.25, 0.3) is 0 Å². The van der Waals surface area contributed by atoms with Crippen LogP contribution in [-0.2, 0) is 9.59 Å². The molecule has 0 radical (unpaired) electrons. The highest BCUT2D eigenvalue weighted by molar-refractivity contribution is 7.16. The normalized spacial score (nSPS) is 10.1. The zero-order valence-electron chi connectivity index (χ0n) is 7.56. The van der Waals surface area contributed by atoms with Crippen molar-refractivity contribution in [1.82, 2.24) is 4.98 Å². The molecule has 0 atom stereocenters. The highest BCUT2D eigenvalue weighted by Gasteiger charge is 2.09. The molecular formula is C9H7N3O2S. The molecule has 3 N–H and O–H groups in total. The van der Waals surface area contributed by atoms with E-state index in [1.54, 1.807) is 6.07 Å². The summed E-state index contributed by atoms with van der Waals surface area (Å²) in [5.74, 6) is -1.85. The Labute approximate surface area is 88.9 Å². The number of rotatable bonds is 1. The number of aromatic nitrogens is 1. The highest BCUT2D eigenvalue weighted by Crippen LogP contribution is 2.20. The molecule has 2 heterocycles. The second-order valence-electron chi connectivity index (χ2n) is 2.86. The molecule has 2 rings (SSSR count). The Hall–Kier alpha value is -1.95. The van der Waals surface area contributed by atoms with Gasteiger partial charge in [0.05, 0.1) is 11.9 Å². The summed E-state index contributed by atoms with van der Waals surface area (Å²) < 4.78 is 0. The van der Waals surface area contributed by atoms with Crippen LogP contribution in [0.1, 0.15) is 0 Å². The van der Waals surface area contributed by atoms with Gasteiger partial charge in [-0.25, -0.2) is 4.98 Å². The zero-order valence-corrected chi connectivity index (χ0v) is 8.38. The van der Waals surface area contributed by atoms with E-state index in [0.29, 0.717) is 5.69 Å². The number of hydrogen-bond donors (Lipinski definition) is 2. The number of carbonyl (C=O) groups excluding carboxylic acids is 2. The van der Waals surface area contributed by atoms with Crippen LogP contribution in [0.3, 0.4) is 0 Å². The summed E-state index contributed by atoms with van der Waals surface area (Å²) in [6.07, 6.45) is 1.49. The quantitative estimate of drug-likeness (QED) is 0.696. The second kappa shape index (κ2) is 3.66.